The van der Waals surface area contributed by atoms with Crippen molar-refractivity contribution in [2.45, 2.75) is 25.7 Å². The van der Waals surface area contributed by atoms with E-state index in [2.05, 4.69) is 45.5 Å². The molecule has 0 saturated carbocycles. The van der Waals surface area contributed by atoms with Crippen molar-refractivity contribution in [3.05, 3.63) is 72.2 Å². The monoisotopic (exact) mass is 360 g/mol. The predicted octanol–water partition coefficient (Wildman–Crippen LogP) is 3.96. The number of aromatic amines is 1. The maximum absolute atomic E-state index is 12.8. The van der Waals surface area contributed by atoms with Crippen LogP contribution in [0.3, 0.4) is 0 Å². The molecule has 0 spiro atoms. The van der Waals surface area contributed by atoms with Gasteiger partial charge in [0.1, 0.15) is 0 Å². The molecule has 1 N–H and O–H groups in total. The van der Waals surface area contributed by atoms with Crippen molar-refractivity contribution in [3.8, 4) is 11.3 Å². The number of amides is 1. The first-order chi connectivity index (χ1) is 13.3. The highest BCUT2D eigenvalue weighted by atomic mass is 16.2. The van der Waals surface area contributed by atoms with Crippen LogP contribution >= 0.6 is 0 Å². The maximum Gasteiger partial charge on any atom is 0.255 e. The minimum atomic E-state index is 0.0859. The van der Waals surface area contributed by atoms with Gasteiger partial charge in [-0.3, -0.25) is 14.9 Å². The highest BCUT2D eigenvalue weighted by molar-refractivity contribution is 5.94. The number of nitrogens with one attached hydrogen (secondary N) is 1. The standard InChI is InChI=1S/C22H24N4O/c27-22(19-8-9-21(23-14-19)20-15-24-25-16-20)26-12-10-18(11-13-26)7-6-17-4-2-1-3-5-17/h1-5,8-9,14-16,18H,6-7,10-13H2,(H,24,25). The van der Waals surface area contributed by atoms with Crippen molar-refractivity contribution in [3.63, 3.8) is 0 Å². The molecule has 1 aliphatic heterocycles. The number of rotatable bonds is 5. The Balaban J connectivity index is 1.29. The molecule has 4 rings (SSSR count). The van der Waals surface area contributed by atoms with Gasteiger partial charge in [0.15, 0.2) is 0 Å². The number of carbonyl (C=O) groups is 1. The van der Waals surface area contributed by atoms with E-state index in [0.717, 1.165) is 43.6 Å². The fraction of sp³-hybridized carbons (Fsp3) is 0.318. The minimum absolute atomic E-state index is 0.0859. The molecule has 3 heterocycles. The van der Waals surface area contributed by atoms with Gasteiger partial charge in [0.2, 0.25) is 0 Å². The molecule has 1 fully saturated rings. The SMILES string of the molecule is O=C(c1ccc(-c2cn[nH]c2)nc1)N1CCC(CCc2ccccc2)CC1. The van der Waals surface area contributed by atoms with Crippen molar-refractivity contribution < 1.29 is 4.79 Å². The lowest BCUT2D eigenvalue weighted by Gasteiger charge is -2.32. The maximum atomic E-state index is 12.8. The van der Waals surface area contributed by atoms with Gasteiger partial charge in [-0.15, -0.1) is 0 Å². The van der Waals surface area contributed by atoms with Crippen LogP contribution in [0, 0.1) is 5.92 Å². The number of nitrogens with zero attached hydrogens (tertiary/aromatic N) is 3. The summed E-state index contributed by atoms with van der Waals surface area (Å²) in [4.78, 5) is 19.1. The molecule has 0 radical (unpaired) electrons. The van der Waals surface area contributed by atoms with Gasteiger partial charge in [-0.1, -0.05) is 30.3 Å². The summed E-state index contributed by atoms with van der Waals surface area (Å²) in [7, 11) is 0. The predicted molar refractivity (Wildman–Crippen MR) is 105 cm³/mol. The molecule has 5 heteroatoms. The minimum Gasteiger partial charge on any atom is -0.339 e. The quantitative estimate of drug-likeness (QED) is 0.749. The van der Waals surface area contributed by atoms with Crippen molar-refractivity contribution >= 4 is 5.91 Å². The Morgan fingerprint density at radius 1 is 1.07 bits per heavy atom. The molecule has 1 aromatic carbocycles. The number of H-pyrrole nitrogens is 1. The van der Waals surface area contributed by atoms with Gasteiger partial charge in [0.25, 0.3) is 5.91 Å². The number of carbonyl (C=O) groups excluding carboxylic acids is 1. The number of likely N-dealkylation sites (tertiary alicyclic amines) is 1. The van der Waals surface area contributed by atoms with Crippen LogP contribution in [0.5, 0.6) is 0 Å². The van der Waals surface area contributed by atoms with Crippen molar-refractivity contribution in [2.24, 2.45) is 5.92 Å². The molecule has 2 aromatic heterocycles. The van der Waals surface area contributed by atoms with Crippen LogP contribution in [0.2, 0.25) is 0 Å². The number of piperidine rings is 1. The highest BCUT2D eigenvalue weighted by Gasteiger charge is 2.23. The normalized spacial score (nSPS) is 15.0. The molecular formula is C22H24N4O. The van der Waals surface area contributed by atoms with Crippen LogP contribution in [0.25, 0.3) is 11.3 Å². The molecule has 3 aromatic rings. The Labute approximate surface area is 159 Å². The summed E-state index contributed by atoms with van der Waals surface area (Å²) in [5, 5.41) is 6.71. The summed E-state index contributed by atoms with van der Waals surface area (Å²) in [6, 6.07) is 14.4. The third kappa shape index (κ3) is 4.25. The largest absolute Gasteiger partial charge is 0.339 e. The Bertz CT molecular complexity index is 851. The first-order valence-corrected chi connectivity index (χ1v) is 9.58. The molecule has 1 amide bonds. The molecule has 0 bridgehead atoms. The van der Waals surface area contributed by atoms with Gasteiger partial charge < -0.3 is 4.90 Å². The summed E-state index contributed by atoms with van der Waals surface area (Å²) in [6.45, 7) is 1.67. The van der Waals surface area contributed by atoms with E-state index in [1.165, 1.54) is 12.0 Å². The molecular weight excluding hydrogens is 336 g/mol. The molecule has 0 atom stereocenters. The van der Waals surface area contributed by atoms with E-state index < -0.39 is 0 Å². The zero-order chi connectivity index (χ0) is 18.5. The first-order valence-electron chi connectivity index (χ1n) is 9.58. The Hall–Kier alpha value is -2.95. The number of hydrogen-bond acceptors (Lipinski definition) is 3. The van der Waals surface area contributed by atoms with E-state index in [4.69, 9.17) is 0 Å². The average Bonchev–Trinajstić information content (AvgIpc) is 3.28. The number of aryl methyl sites for hydroxylation is 1. The third-order valence-corrected chi connectivity index (χ3v) is 5.39. The summed E-state index contributed by atoms with van der Waals surface area (Å²) >= 11 is 0. The number of aromatic nitrogens is 3. The highest BCUT2D eigenvalue weighted by Crippen LogP contribution is 2.24. The van der Waals surface area contributed by atoms with Gasteiger partial charge in [0.05, 0.1) is 17.5 Å². The molecule has 138 valence electrons. The van der Waals surface area contributed by atoms with E-state index in [9.17, 15) is 4.79 Å². The van der Waals surface area contributed by atoms with Crippen LogP contribution in [0.15, 0.2) is 61.1 Å². The summed E-state index contributed by atoms with van der Waals surface area (Å²) in [6.07, 6.45) is 9.68. The van der Waals surface area contributed by atoms with Gasteiger partial charge >= 0.3 is 0 Å². The Kier molecular flexibility index (Phi) is 5.28. The van der Waals surface area contributed by atoms with E-state index in [1.807, 2.05) is 17.0 Å². The second-order valence-corrected chi connectivity index (χ2v) is 7.18. The topological polar surface area (TPSA) is 61.9 Å². The average molecular weight is 360 g/mol. The van der Waals surface area contributed by atoms with Crippen molar-refractivity contribution in [2.75, 3.05) is 13.1 Å². The third-order valence-electron chi connectivity index (χ3n) is 5.39. The molecule has 0 aliphatic carbocycles. The number of benzene rings is 1. The van der Waals surface area contributed by atoms with Crippen LogP contribution in [0.4, 0.5) is 0 Å². The Morgan fingerprint density at radius 3 is 2.56 bits per heavy atom. The fourth-order valence-corrected chi connectivity index (χ4v) is 3.70. The Morgan fingerprint density at radius 2 is 1.89 bits per heavy atom. The summed E-state index contributed by atoms with van der Waals surface area (Å²) in [5.41, 5.74) is 3.80. The molecule has 5 nitrogen and oxygen atoms in total. The molecule has 1 aliphatic rings. The summed E-state index contributed by atoms with van der Waals surface area (Å²) in [5.74, 6) is 0.790. The zero-order valence-corrected chi connectivity index (χ0v) is 15.3. The zero-order valence-electron chi connectivity index (χ0n) is 15.3. The van der Waals surface area contributed by atoms with Crippen LogP contribution in [-0.2, 0) is 6.42 Å². The van der Waals surface area contributed by atoms with Gasteiger partial charge in [-0.2, -0.15) is 5.10 Å². The lowest BCUT2D eigenvalue weighted by molar-refractivity contribution is 0.0686. The van der Waals surface area contributed by atoms with Gasteiger partial charge in [-0.05, 0) is 49.3 Å². The van der Waals surface area contributed by atoms with Crippen LogP contribution < -0.4 is 0 Å². The summed E-state index contributed by atoms with van der Waals surface area (Å²) < 4.78 is 0. The fourth-order valence-electron chi connectivity index (χ4n) is 3.70. The second kappa shape index (κ2) is 8.16. The van der Waals surface area contributed by atoms with E-state index in [0.29, 0.717) is 11.5 Å². The molecule has 0 unspecified atom stereocenters. The smallest absolute Gasteiger partial charge is 0.255 e. The van der Waals surface area contributed by atoms with E-state index in [-0.39, 0.29) is 5.91 Å². The van der Waals surface area contributed by atoms with Crippen molar-refractivity contribution in [1.82, 2.24) is 20.1 Å². The number of pyridine rings is 1. The first kappa shape index (κ1) is 17.5. The van der Waals surface area contributed by atoms with Crippen molar-refractivity contribution in [1.29, 1.82) is 0 Å². The van der Waals surface area contributed by atoms with E-state index >= 15 is 0 Å². The van der Waals surface area contributed by atoms with Crippen LogP contribution in [0.1, 0.15) is 35.2 Å². The van der Waals surface area contributed by atoms with Gasteiger partial charge in [-0.25, -0.2) is 0 Å². The lowest BCUT2D eigenvalue weighted by Crippen LogP contribution is -2.38. The second-order valence-electron chi connectivity index (χ2n) is 7.18. The lowest BCUT2D eigenvalue weighted by atomic mass is 9.90. The molecule has 27 heavy (non-hydrogen) atoms. The number of hydrogen-bond donors (Lipinski definition) is 1. The molecule has 1 saturated heterocycles. The van der Waals surface area contributed by atoms with E-state index in [1.54, 1.807) is 18.6 Å². The van der Waals surface area contributed by atoms with Crippen LogP contribution in [-0.4, -0.2) is 39.1 Å². The van der Waals surface area contributed by atoms with Gasteiger partial charge in [0, 0.05) is 31.0 Å².